The molecule has 1 unspecified atom stereocenters. The normalized spacial score (nSPS) is 21.4. The van der Waals surface area contributed by atoms with E-state index in [1.807, 2.05) is 12.3 Å². The fourth-order valence-corrected chi connectivity index (χ4v) is 7.94. The van der Waals surface area contributed by atoms with Crippen molar-refractivity contribution in [3.05, 3.63) is 90.1 Å². The Balaban J connectivity index is 1.26. The minimum Gasteiger partial charge on any atom is -0.256 e. The van der Waals surface area contributed by atoms with Crippen molar-refractivity contribution in [1.29, 1.82) is 0 Å². The molecule has 0 aliphatic heterocycles. The molecule has 0 radical (unpaired) electrons. The third kappa shape index (κ3) is 3.83. The van der Waals surface area contributed by atoms with Gasteiger partial charge in [-0.3, -0.25) is 4.98 Å². The smallest absolute Gasteiger partial charge is 0.159 e. The highest BCUT2D eigenvalue weighted by atomic mass is 32.1. The zero-order valence-corrected chi connectivity index (χ0v) is 20.8. The molecule has 5 aromatic rings. The van der Waals surface area contributed by atoms with Crippen LogP contribution in [0.3, 0.4) is 0 Å². The number of thiophene rings is 1. The molecule has 3 fully saturated rings. The summed E-state index contributed by atoms with van der Waals surface area (Å²) >= 11 is 1.74. The van der Waals surface area contributed by atoms with E-state index < -0.39 is 11.6 Å². The first-order valence-corrected chi connectivity index (χ1v) is 13.8. The van der Waals surface area contributed by atoms with Gasteiger partial charge in [-0.1, -0.05) is 49.2 Å². The van der Waals surface area contributed by atoms with Crippen LogP contribution in [-0.2, 0) is 6.42 Å². The van der Waals surface area contributed by atoms with Gasteiger partial charge in [-0.2, -0.15) is 0 Å². The van der Waals surface area contributed by atoms with Gasteiger partial charge < -0.3 is 0 Å². The summed E-state index contributed by atoms with van der Waals surface area (Å²) in [6, 6.07) is 21.2. The predicted octanol–water partition coefficient (Wildman–Crippen LogP) is 9.43. The average molecular weight is 496 g/mol. The van der Waals surface area contributed by atoms with Crippen molar-refractivity contribution in [2.45, 2.75) is 38.5 Å². The summed E-state index contributed by atoms with van der Waals surface area (Å²) in [7, 11) is 0. The summed E-state index contributed by atoms with van der Waals surface area (Å²) < 4.78 is 29.6. The summed E-state index contributed by atoms with van der Waals surface area (Å²) in [4.78, 5) is 4.78. The van der Waals surface area contributed by atoms with E-state index in [0.29, 0.717) is 5.56 Å². The molecule has 2 heterocycles. The fraction of sp³-hybridized carbons (Fsp3) is 0.281. The fourth-order valence-electron chi connectivity index (χ4n) is 6.67. The van der Waals surface area contributed by atoms with Crippen molar-refractivity contribution in [3.8, 4) is 22.4 Å². The maximum atomic E-state index is 13.8. The molecule has 36 heavy (non-hydrogen) atoms. The van der Waals surface area contributed by atoms with Gasteiger partial charge in [0.15, 0.2) is 11.6 Å². The summed E-state index contributed by atoms with van der Waals surface area (Å²) in [5.74, 6) is 1.03. The van der Waals surface area contributed by atoms with E-state index in [1.54, 1.807) is 17.4 Å². The van der Waals surface area contributed by atoms with E-state index in [1.165, 1.54) is 65.3 Å². The molecule has 2 aromatic heterocycles. The lowest BCUT2D eigenvalue weighted by molar-refractivity contribution is 0.0991. The van der Waals surface area contributed by atoms with Crippen LogP contribution in [0.1, 0.15) is 37.7 Å². The van der Waals surface area contributed by atoms with Gasteiger partial charge in [-0.05, 0) is 90.5 Å². The lowest BCUT2D eigenvalue weighted by atomic mass is 9.63. The molecule has 0 saturated heterocycles. The summed E-state index contributed by atoms with van der Waals surface area (Å²) in [6.45, 7) is 0. The number of benzene rings is 3. The van der Waals surface area contributed by atoms with Crippen LogP contribution in [0, 0.1) is 29.4 Å². The second-order valence-electron chi connectivity index (χ2n) is 10.7. The predicted molar refractivity (Wildman–Crippen MR) is 145 cm³/mol. The first kappa shape index (κ1) is 22.1. The molecular formula is C32H27F2NS. The van der Waals surface area contributed by atoms with Gasteiger partial charge in [-0.15, -0.1) is 11.3 Å². The lowest BCUT2D eigenvalue weighted by Gasteiger charge is -2.42. The SMILES string of the molecule is Fc1ccc(-c2ccc3c(c2)sc2c(-c4cc(CC5CC6CCC5CC6)ccn4)cccc23)cc1F. The number of rotatable bonds is 4. The monoisotopic (exact) mass is 495 g/mol. The van der Waals surface area contributed by atoms with Gasteiger partial charge >= 0.3 is 0 Å². The highest BCUT2D eigenvalue weighted by molar-refractivity contribution is 7.26. The summed E-state index contributed by atoms with van der Waals surface area (Å²) in [5, 5.41) is 2.39. The summed E-state index contributed by atoms with van der Waals surface area (Å²) in [6.07, 6.45) is 10.2. The third-order valence-corrected chi connectivity index (χ3v) is 9.75. The van der Waals surface area contributed by atoms with Gasteiger partial charge in [0.05, 0.1) is 5.69 Å². The van der Waals surface area contributed by atoms with E-state index in [4.69, 9.17) is 4.98 Å². The maximum Gasteiger partial charge on any atom is 0.159 e. The standard InChI is InChI=1S/C32H27F2NS/c33-28-11-9-22(17-29(28)34)23-8-10-25-26-2-1-3-27(32(26)36-31(25)18-23)30-16-20(12-13-35-30)15-24-14-19-4-6-21(24)7-5-19/h1-3,8-13,16-19,21,24H,4-7,14-15H2. The topological polar surface area (TPSA) is 12.9 Å². The van der Waals surface area contributed by atoms with Crippen LogP contribution in [-0.4, -0.2) is 4.98 Å². The highest BCUT2D eigenvalue weighted by Crippen LogP contribution is 2.46. The molecule has 1 atom stereocenters. The second kappa shape index (κ2) is 8.77. The number of halogens is 2. The molecule has 2 bridgehead atoms. The van der Waals surface area contributed by atoms with Gasteiger partial charge in [0.2, 0.25) is 0 Å². The van der Waals surface area contributed by atoms with Crippen molar-refractivity contribution in [2.24, 2.45) is 17.8 Å². The Hall–Kier alpha value is -3.11. The Labute approximate surface area is 213 Å². The molecule has 3 aliphatic carbocycles. The number of pyridine rings is 1. The number of nitrogens with zero attached hydrogens (tertiary/aromatic N) is 1. The number of hydrogen-bond acceptors (Lipinski definition) is 2. The van der Waals surface area contributed by atoms with Gasteiger partial charge in [0, 0.05) is 31.9 Å². The first-order chi connectivity index (χ1) is 17.6. The molecule has 180 valence electrons. The molecule has 3 aliphatic rings. The number of aromatic nitrogens is 1. The van der Waals surface area contributed by atoms with Gasteiger partial charge in [0.1, 0.15) is 0 Å². The molecule has 3 aromatic carbocycles. The van der Waals surface area contributed by atoms with Crippen molar-refractivity contribution >= 4 is 31.5 Å². The van der Waals surface area contributed by atoms with E-state index in [2.05, 4.69) is 42.5 Å². The Morgan fingerprint density at radius 3 is 2.44 bits per heavy atom. The third-order valence-electron chi connectivity index (χ3n) is 8.54. The lowest BCUT2D eigenvalue weighted by Crippen LogP contribution is -2.32. The van der Waals surface area contributed by atoms with Crippen LogP contribution in [0.2, 0.25) is 0 Å². The molecule has 0 spiro atoms. The van der Waals surface area contributed by atoms with Crippen molar-refractivity contribution in [3.63, 3.8) is 0 Å². The van der Waals surface area contributed by atoms with Gasteiger partial charge in [-0.25, -0.2) is 8.78 Å². The minimum atomic E-state index is -0.822. The Morgan fingerprint density at radius 1 is 0.806 bits per heavy atom. The van der Waals surface area contributed by atoms with Crippen LogP contribution in [0.4, 0.5) is 8.78 Å². The molecule has 0 amide bonds. The quantitative estimate of drug-likeness (QED) is 0.242. The minimum absolute atomic E-state index is 0.680. The molecule has 0 N–H and O–H groups in total. The largest absolute Gasteiger partial charge is 0.256 e. The van der Waals surface area contributed by atoms with E-state index in [9.17, 15) is 8.78 Å². The van der Waals surface area contributed by atoms with Crippen molar-refractivity contribution in [1.82, 2.24) is 4.98 Å². The first-order valence-electron chi connectivity index (χ1n) is 13.0. The molecule has 3 saturated carbocycles. The van der Waals surface area contributed by atoms with E-state index in [-0.39, 0.29) is 0 Å². The zero-order chi connectivity index (χ0) is 24.2. The van der Waals surface area contributed by atoms with Crippen LogP contribution >= 0.6 is 11.3 Å². The Bertz CT molecular complexity index is 1600. The number of hydrogen-bond donors (Lipinski definition) is 0. The van der Waals surface area contributed by atoms with Crippen molar-refractivity contribution < 1.29 is 8.78 Å². The van der Waals surface area contributed by atoms with E-state index in [0.717, 1.165) is 45.7 Å². The zero-order valence-electron chi connectivity index (χ0n) is 20.0. The molecule has 4 heteroatoms. The Kier molecular flexibility index (Phi) is 5.39. The Morgan fingerprint density at radius 2 is 1.64 bits per heavy atom. The molecule has 8 rings (SSSR count). The van der Waals surface area contributed by atoms with Crippen molar-refractivity contribution in [2.75, 3.05) is 0 Å². The van der Waals surface area contributed by atoms with Gasteiger partial charge in [0.25, 0.3) is 0 Å². The number of fused-ring (bicyclic) bond motifs is 6. The van der Waals surface area contributed by atoms with E-state index >= 15 is 0 Å². The average Bonchev–Trinajstić information content (AvgIpc) is 3.29. The van der Waals surface area contributed by atoms with Crippen LogP contribution in [0.25, 0.3) is 42.6 Å². The van der Waals surface area contributed by atoms with Crippen LogP contribution in [0.5, 0.6) is 0 Å². The molecular weight excluding hydrogens is 468 g/mol. The second-order valence-corrected chi connectivity index (χ2v) is 11.7. The summed E-state index contributed by atoms with van der Waals surface area (Å²) in [5.41, 5.74) is 5.16. The molecule has 1 nitrogen and oxygen atoms in total. The van der Waals surface area contributed by atoms with Crippen LogP contribution in [0.15, 0.2) is 72.9 Å². The maximum absolute atomic E-state index is 13.8. The highest BCUT2D eigenvalue weighted by Gasteiger charge is 2.35. The van der Waals surface area contributed by atoms with Crippen LogP contribution < -0.4 is 0 Å².